The predicted octanol–water partition coefficient (Wildman–Crippen LogP) is 4.16. The molecule has 0 saturated heterocycles. The van der Waals surface area contributed by atoms with E-state index in [4.69, 9.17) is 24.5 Å². The first-order valence-corrected chi connectivity index (χ1v) is 10.3. The van der Waals surface area contributed by atoms with Crippen molar-refractivity contribution in [2.45, 2.75) is 31.9 Å². The highest BCUT2D eigenvalue weighted by atomic mass is 19.4. The molecule has 0 amide bonds. The van der Waals surface area contributed by atoms with Gasteiger partial charge in [-0.2, -0.15) is 13.2 Å². The van der Waals surface area contributed by atoms with E-state index in [1.807, 2.05) is 42.5 Å². The van der Waals surface area contributed by atoms with Crippen molar-refractivity contribution >= 4 is 11.9 Å². The van der Waals surface area contributed by atoms with Crippen molar-refractivity contribution in [1.29, 1.82) is 0 Å². The highest BCUT2D eigenvalue weighted by Crippen LogP contribution is 2.14. The summed E-state index contributed by atoms with van der Waals surface area (Å²) in [5.41, 5.74) is 1.25. The molecule has 0 aliphatic rings. The summed E-state index contributed by atoms with van der Waals surface area (Å²) < 4.78 is 43.1. The third-order valence-electron chi connectivity index (χ3n) is 4.07. The van der Waals surface area contributed by atoms with E-state index >= 15 is 0 Å². The third kappa shape index (κ3) is 14.4. The monoisotopic (exact) mass is 471 g/mol. The molecule has 10 heteroatoms. The number of para-hydroxylation sites is 1. The molecule has 0 bridgehead atoms. The number of hydrogen-bond donors (Lipinski definition) is 3. The zero-order valence-electron chi connectivity index (χ0n) is 18.0. The quantitative estimate of drug-likeness (QED) is 0.377. The molecule has 0 aliphatic heterocycles. The lowest BCUT2D eigenvalue weighted by Gasteiger charge is -2.09. The highest BCUT2D eigenvalue weighted by molar-refractivity contribution is 5.73. The molecule has 0 unspecified atom stereocenters. The first kappa shape index (κ1) is 27.8. The number of alkyl halides is 3. The van der Waals surface area contributed by atoms with Crippen molar-refractivity contribution in [2.24, 2.45) is 0 Å². The summed E-state index contributed by atoms with van der Waals surface area (Å²) in [5, 5.41) is 18.8. The van der Waals surface area contributed by atoms with E-state index in [1.54, 1.807) is 0 Å². The van der Waals surface area contributed by atoms with Gasteiger partial charge in [-0.3, -0.25) is 4.79 Å². The minimum atomic E-state index is -5.08. The lowest BCUT2D eigenvalue weighted by atomic mass is 10.1. The first-order chi connectivity index (χ1) is 15.7. The first-order valence-electron chi connectivity index (χ1n) is 10.3. The van der Waals surface area contributed by atoms with Gasteiger partial charge in [-0.05, 0) is 49.2 Å². The van der Waals surface area contributed by atoms with E-state index in [0.29, 0.717) is 19.8 Å². The summed E-state index contributed by atoms with van der Waals surface area (Å²) in [7, 11) is 0. The van der Waals surface area contributed by atoms with Gasteiger partial charge in [-0.1, -0.05) is 30.3 Å². The van der Waals surface area contributed by atoms with Gasteiger partial charge in [0.1, 0.15) is 11.5 Å². The topological polar surface area (TPSA) is 105 Å². The van der Waals surface area contributed by atoms with Crippen molar-refractivity contribution < 1.29 is 42.4 Å². The number of carboxylic acid groups (broad SMARTS) is 2. The van der Waals surface area contributed by atoms with Gasteiger partial charge < -0.3 is 25.0 Å². The average Bonchev–Trinajstić information content (AvgIpc) is 2.77. The molecule has 0 aromatic heterocycles. The van der Waals surface area contributed by atoms with Gasteiger partial charge in [0.15, 0.2) is 0 Å². The number of ether oxygens (including phenoxy) is 2. The lowest BCUT2D eigenvalue weighted by molar-refractivity contribution is -0.192. The largest absolute Gasteiger partial charge is 0.493 e. The van der Waals surface area contributed by atoms with Crippen LogP contribution in [-0.4, -0.2) is 54.6 Å². The number of hydrogen-bond acceptors (Lipinski definition) is 5. The zero-order valence-corrected chi connectivity index (χ0v) is 18.0. The Labute approximate surface area is 190 Å². The van der Waals surface area contributed by atoms with E-state index in [0.717, 1.165) is 37.3 Å². The van der Waals surface area contributed by atoms with Gasteiger partial charge in [-0.15, -0.1) is 0 Å². The number of carbonyl (C=O) groups is 2. The van der Waals surface area contributed by atoms with Crippen LogP contribution in [-0.2, 0) is 16.0 Å². The standard InChI is InChI=1S/C21H27NO4.C2HF3O2/c23-21(24)13-15-22-14-4-6-18-9-11-20(12-10-18)26-17-5-16-25-19-7-2-1-3-8-19;3-2(4,5)1(6)7/h1-3,7-12,22H,4-6,13-17H2,(H,23,24);(H,6,7). The van der Waals surface area contributed by atoms with Crippen molar-refractivity contribution in [3.63, 3.8) is 0 Å². The minimum Gasteiger partial charge on any atom is -0.493 e. The number of carboxylic acids is 2. The van der Waals surface area contributed by atoms with E-state index in [1.165, 1.54) is 5.56 Å². The molecule has 0 radical (unpaired) electrons. The zero-order chi connectivity index (χ0) is 24.5. The Morgan fingerprint density at radius 2 is 1.36 bits per heavy atom. The molecule has 0 aliphatic carbocycles. The average molecular weight is 471 g/mol. The number of aryl methyl sites for hydroxylation is 1. The van der Waals surface area contributed by atoms with Crippen molar-refractivity contribution in [3.05, 3.63) is 60.2 Å². The van der Waals surface area contributed by atoms with Crippen LogP contribution < -0.4 is 14.8 Å². The molecule has 0 fully saturated rings. The predicted molar refractivity (Wildman–Crippen MR) is 116 cm³/mol. The second kappa shape index (κ2) is 15.5. The summed E-state index contributed by atoms with van der Waals surface area (Å²) in [4.78, 5) is 19.3. The Balaban J connectivity index is 0.000000675. The molecule has 0 spiro atoms. The molecule has 0 saturated carbocycles. The fourth-order valence-corrected chi connectivity index (χ4v) is 2.45. The fraction of sp³-hybridized carbons (Fsp3) is 0.391. The number of rotatable bonds is 13. The molecular formula is C23H28F3NO6. The second-order valence-electron chi connectivity index (χ2n) is 6.81. The van der Waals surface area contributed by atoms with Gasteiger partial charge in [0.25, 0.3) is 0 Å². The molecule has 0 heterocycles. The molecule has 182 valence electrons. The summed E-state index contributed by atoms with van der Waals surface area (Å²) in [6.45, 7) is 2.61. The molecule has 7 nitrogen and oxygen atoms in total. The maximum absolute atomic E-state index is 10.6. The van der Waals surface area contributed by atoms with E-state index in [-0.39, 0.29) is 6.42 Å². The number of nitrogens with one attached hydrogen (secondary N) is 1. The Bertz CT molecular complexity index is 813. The summed E-state index contributed by atoms with van der Waals surface area (Å²) in [6.07, 6.45) is -2.14. The molecule has 2 aromatic rings. The summed E-state index contributed by atoms with van der Waals surface area (Å²) >= 11 is 0. The lowest BCUT2D eigenvalue weighted by Crippen LogP contribution is -2.21. The van der Waals surface area contributed by atoms with E-state index < -0.39 is 18.1 Å². The summed E-state index contributed by atoms with van der Waals surface area (Å²) in [6, 6.07) is 17.9. The third-order valence-corrected chi connectivity index (χ3v) is 4.07. The SMILES string of the molecule is O=C(O)C(F)(F)F.O=C(O)CCNCCCc1ccc(OCCCOc2ccccc2)cc1. The maximum Gasteiger partial charge on any atom is 0.490 e. The smallest absolute Gasteiger partial charge is 0.490 e. The van der Waals surface area contributed by atoms with Gasteiger partial charge in [0.2, 0.25) is 0 Å². The molecule has 0 atom stereocenters. The van der Waals surface area contributed by atoms with Crippen LogP contribution in [0.15, 0.2) is 54.6 Å². The molecule has 3 N–H and O–H groups in total. The molecule has 2 rings (SSSR count). The van der Waals surface area contributed by atoms with Crippen molar-refractivity contribution in [1.82, 2.24) is 5.32 Å². The van der Waals surface area contributed by atoms with Gasteiger partial charge >= 0.3 is 18.1 Å². The van der Waals surface area contributed by atoms with Crippen LogP contribution >= 0.6 is 0 Å². The van der Waals surface area contributed by atoms with Crippen LogP contribution in [0.1, 0.15) is 24.8 Å². The van der Waals surface area contributed by atoms with Crippen LogP contribution in [0.3, 0.4) is 0 Å². The number of aliphatic carboxylic acids is 2. The van der Waals surface area contributed by atoms with Crippen LogP contribution in [0, 0.1) is 0 Å². The molecule has 2 aromatic carbocycles. The second-order valence-corrected chi connectivity index (χ2v) is 6.81. The number of halogens is 3. The highest BCUT2D eigenvalue weighted by Gasteiger charge is 2.38. The Morgan fingerprint density at radius 3 is 1.88 bits per heavy atom. The Hall–Kier alpha value is -3.27. The van der Waals surface area contributed by atoms with Crippen LogP contribution in [0.5, 0.6) is 11.5 Å². The van der Waals surface area contributed by atoms with Gasteiger partial charge in [0, 0.05) is 13.0 Å². The summed E-state index contributed by atoms with van der Waals surface area (Å²) in [5.74, 6) is -1.77. The number of benzene rings is 2. The van der Waals surface area contributed by atoms with E-state index in [2.05, 4.69) is 17.4 Å². The van der Waals surface area contributed by atoms with Gasteiger partial charge in [0.05, 0.1) is 19.6 Å². The van der Waals surface area contributed by atoms with Crippen LogP contribution in [0.4, 0.5) is 13.2 Å². The molecule has 33 heavy (non-hydrogen) atoms. The van der Waals surface area contributed by atoms with Crippen molar-refractivity contribution in [3.8, 4) is 11.5 Å². The Kier molecular flexibility index (Phi) is 13.1. The van der Waals surface area contributed by atoms with Gasteiger partial charge in [-0.25, -0.2) is 4.79 Å². The Morgan fingerprint density at radius 1 is 0.818 bits per heavy atom. The fourth-order valence-electron chi connectivity index (χ4n) is 2.45. The van der Waals surface area contributed by atoms with Crippen LogP contribution in [0.2, 0.25) is 0 Å². The maximum atomic E-state index is 10.6. The van der Waals surface area contributed by atoms with E-state index in [9.17, 15) is 18.0 Å². The normalized spacial score (nSPS) is 10.6. The van der Waals surface area contributed by atoms with Crippen molar-refractivity contribution in [2.75, 3.05) is 26.3 Å². The van der Waals surface area contributed by atoms with Crippen LogP contribution in [0.25, 0.3) is 0 Å². The minimum absolute atomic E-state index is 0.169. The molecular weight excluding hydrogens is 443 g/mol.